The first kappa shape index (κ1) is 14.1. The van der Waals surface area contributed by atoms with Gasteiger partial charge in [-0.05, 0) is 19.4 Å². The van der Waals surface area contributed by atoms with E-state index in [-0.39, 0.29) is 30.9 Å². The molecule has 0 heterocycles. The van der Waals surface area contributed by atoms with Crippen LogP contribution in [0.5, 0.6) is 0 Å². The lowest BCUT2D eigenvalue weighted by Gasteiger charge is -2.08. The standard InChI is InChI=1S/C12H16N2O4/c1-9(2)18-8-12(15)13-7-10-4-3-5-11(6-10)14(16)17/h3-6,9H,7-8H2,1-2H3,(H,13,15). The monoisotopic (exact) mass is 252 g/mol. The maximum absolute atomic E-state index is 11.4. The average molecular weight is 252 g/mol. The molecule has 0 saturated heterocycles. The van der Waals surface area contributed by atoms with Gasteiger partial charge in [0, 0.05) is 18.7 Å². The molecule has 1 aromatic carbocycles. The number of benzene rings is 1. The number of nitrogens with zero attached hydrogens (tertiary/aromatic N) is 1. The van der Waals surface area contributed by atoms with Gasteiger partial charge >= 0.3 is 0 Å². The number of amides is 1. The lowest BCUT2D eigenvalue weighted by atomic mass is 10.2. The minimum atomic E-state index is -0.465. The maximum Gasteiger partial charge on any atom is 0.269 e. The number of carbonyl (C=O) groups excluding carboxylic acids is 1. The van der Waals surface area contributed by atoms with Crippen molar-refractivity contribution in [3.8, 4) is 0 Å². The molecule has 0 saturated carbocycles. The van der Waals surface area contributed by atoms with Crippen LogP contribution in [0.15, 0.2) is 24.3 Å². The molecule has 1 N–H and O–H groups in total. The molecule has 18 heavy (non-hydrogen) atoms. The van der Waals surface area contributed by atoms with E-state index in [1.165, 1.54) is 12.1 Å². The number of nitro groups is 1. The van der Waals surface area contributed by atoms with E-state index in [4.69, 9.17) is 4.74 Å². The molecule has 1 rings (SSSR count). The van der Waals surface area contributed by atoms with Gasteiger partial charge < -0.3 is 10.1 Å². The molecule has 98 valence electrons. The van der Waals surface area contributed by atoms with Crippen molar-refractivity contribution >= 4 is 11.6 Å². The summed E-state index contributed by atoms with van der Waals surface area (Å²) in [6, 6.07) is 6.15. The molecule has 0 aliphatic rings. The summed E-state index contributed by atoms with van der Waals surface area (Å²) < 4.78 is 5.13. The molecule has 0 aliphatic heterocycles. The number of rotatable bonds is 6. The molecule has 0 unspecified atom stereocenters. The normalized spacial score (nSPS) is 10.4. The smallest absolute Gasteiger partial charge is 0.269 e. The predicted molar refractivity (Wildman–Crippen MR) is 66.0 cm³/mol. The van der Waals surface area contributed by atoms with E-state index in [1.807, 2.05) is 13.8 Å². The molecule has 0 spiro atoms. The van der Waals surface area contributed by atoms with Crippen molar-refractivity contribution in [2.24, 2.45) is 0 Å². The Kier molecular flexibility index (Phi) is 5.26. The van der Waals surface area contributed by atoms with Crippen LogP contribution in [0.2, 0.25) is 0 Å². The van der Waals surface area contributed by atoms with Gasteiger partial charge in [-0.3, -0.25) is 14.9 Å². The van der Waals surface area contributed by atoms with E-state index >= 15 is 0 Å². The fourth-order valence-corrected chi connectivity index (χ4v) is 1.27. The number of hydrogen-bond donors (Lipinski definition) is 1. The Morgan fingerprint density at radius 1 is 1.50 bits per heavy atom. The van der Waals surface area contributed by atoms with Gasteiger partial charge in [-0.2, -0.15) is 0 Å². The van der Waals surface area contributed by atoms with Gasteiger partial charge in [0.2, 0.25) is 5.91 Å². The van der Waals surface area contributed by atoms with Gasteiger partial charge in [0.1, 0.15) is 6.61 Å². The average Bonchev–Trinajstić information content (AvgIpc) is 2.34. The Balaban J connectivity index is 2.46. The van der Waals surface area contributed by atoms with E-state index in [1.54, 1.807) is 12.1 Å². The van der Waals surface area contributed by atoms with E-state index < -0.39 is 4.92 Å². The third kappa shape index (κ3) is 4.92. The summed E-state index contributed by atoms with van der Waals surface area (Å²) in [7, 11) is 0. The molecular formula is C12H16N2O4. The van der Waals surface area contributed by atoms with E-state index in [0.29, 0.717) is 5.56 Å². The van der Waals surface area contributed by atoms with Crippen molar-refractivity contribution in [1.82, 2.24) is 5.32 Å². The van der Waals surface area contributed by atoms with Gasteiger partial charge in [-0.1, -0.05) is 12.1 Å². The van der Waals surface area contributed by atoms with Crippen molar-refractivity contribution in [2.75, 3.05) is 6.61 Å². The second-order valence-electron chi connectivity index (χ2n) is 4.06. The molecule has 6 heteroatoms. The molecular weight excluding hydrogens is 236 g/mol. The summed E-state index contributed by atoms with van der Waals surface area (Å²) >= 11 is 0. The van der Waals surface area contributed by atoms with Crippen LogP contribution < -0.4 is 5.32 Å². The van der Waals surface area contributed by atoms with Crippen molar-refractivity contribution in [3.05, 3.63) is 39.9 Å². The third-order valence-corrected chi connectivity index (χ3v) is 2.16. The van der Waals surface area contributed by atoms with Gasteiger partial charge in [-0.25, -0.2) is 0 Å². The summed E-state index contributed by atoms with van der Waals surface area (Å²) in [5.41, 5.74) is 0.697. The van der Waals surface area contributed by atoms with Gasteiger partial charge in [-0.15, -0.1) is 0 Å². The minimum Gasteiger partial charge on any atom is -0.369 e. The van der Waals surface area contributed by atoms with Crippen LogP contribution in [0, 0.1) is 10.1 Å². The lowest BCUT2D eigenvalue weighted by Crippen LogP contribution is -2.28. The van der Waals surface area contributed by atoms with Crippen LogP contribution in [0.4, 0.5) is 5.69 Å². The molecule has 6 nitrogen and oxygen atoms in total. The Bertz CT molecular complexity index is 432. The molecule has 1 amide bonds. The Morgan fingerprint density at radius 3 is 2.83 bits per heavy atom. The zero-order chi connectivity index (χ0) is 13.5. The van der Waals surface area contributed by atoms with E-state index in [9.17, 15) is 14.9 Å². The highest BCUT2D eigenvalue weighted by Crippen LogP contribution is 2.12. The number of ether oxygens (including phenoxy) is 1. The van der Waals surface area contributed by atoms with Gasteiger partial charge in [0.05, 0.1) is 11.0 Å². The SMILES string of the molecule is CC(C)OCC(=O)NCc1cccc([N+](=O)[O-])c1. The fourth-order valence-electron chi connectivity index (χ4n) is 1.27. The summed E-state index contributed by atoms with van der Waals surface area (Å²) in [5, 5.41) is 13.2. The number of hydrogen-bond acceptors (Lipinski definition) is 4. The first-order chi connectivity index (χ1) is 8.49. The predicted octanol–water partition coefficient (Wildman–Crippen LogP) is 1.64. The first-order valence-corrected chi connectivity index (χ1v) is 5.60. The number of non-ortho nitro benzene ring substituents is 1. The Labute approximate surface area is 105 Å². The quantitative estimate of drug-likeness (QED) is 0.616. The highest BCUT2D eigenvalue weighted by molar-refractivity contribution is 5.77. The van der Waals surface area contributed by atoms with Crippen LogP contribution in [0.1, 0.15) is 19.4 Å². The molecule has 0 aromatic heterocycles. The molecule has 0 aliphatic carbocycles. The maximum atomic E-state index is 11.4. The third-order valence-electron chi connectivity index (χ3n) is 2.16. The molecule has 0 fully saturated rings. The van der Waals surface area contributed by atoms with Crippen molar-refractivity contribution in [2.45, 2.75) is 26.5 Å². The van der Waals surface area contributed by atoms with Crippen LogP contribution >= 0.6 is 0 Å². The van der Waals surface area contributed by atoms with Crippen molar-refractivity contribution < 1.29 is 14.5 Å². The fraction of sp³-hybridized carbons (Fsp3) is 0.417. The highest BCUT2D eigenvalue weighted by Gasteiger charge is 2.07. The number of carbonyl (C=O) groups is 1. The topological polar surface area (TPSA) is 81.5 Å². The van der Waals surface area contributed by atoms with E-state index in [0.717, 1.165) is 0 Å². The van der Waals surface area contributed by atoms with Gasteiger partial charge in [0.15, 0.2) is 0 Å². The second kappa shape index (κ2) is 6.70. The summed E-state index contributed by atoms with van der Waals surface area (Å²) in [5.74, 6) is -0.241. The molecule has 1 aromatic rings. The van der Waals surface area contributed by atoms with Crippen molar-refractivity contribution in [1.29, 1.82) is 0 Å². The van der Waals surface area contributed by atoms with Crippen LogP contribution in [-0.4, -0.2) is 23.5 Å². The zero-order valence-corrected chi connectivity index (χ0v) is 10.4. The summed E-state index contributed by atoms with van der Waals surface area (Å²) in [4.78, 5) is 21.5. The number of nitro benzene ring substituents is 1. The van der Waals surface area contributed by atoms with Crippen LogP contribution in [-0.2, 0) is 16.1 Å². The van der Waals surface area contributed by atoms with E-state index in [2.05, 4.69) is 5.32 Å². The van der Waals surface area contributed by atoms with Crippen LogP contribution in [0.3, 0.4) is 0 Å². The zero-order valence-electron chi connectivity index (χ0n) is 10.4. The summed E-state index contributed by atoms with van der Waals surface area (Å²) in [6.45, 7) is 3.93. The minimum absolute atomic E-state index is 0.00596. The van der Waals surface area contributed by atoms with Crippen LogP contribution in [0.25, 0.3) is 0 Å². The highest BCUT2D eigenvalue weighted by atomic mass is 16.6. The largest absolute Gasteiger partial charge is 0.369 e. The number of nitrogens with one attached hydrogen (secondary N) is 1. The Hall–Kier alpha value is -1.95. The van der Waals surface area contributed by atoms with Crippen molar-refractivity contribution in [3.63, 3.8) is 0 Å². The molecule has 0 bridgehead atoms. The lowest BCUT2D eigenvalue weighted by molar-refractivity contribution is -0.384. The van der Waals surface area contributed by atoms with Gasteiger partial charge in [0.25, 0.3) is 5.69 Å². The second-order valence-corrected chi connectivity index (χ2v) is 4.06. The molecule has 0 radical (unpaired) electrons. The molecule has 0 atom stereocenters. The summed E-state index contributed by atoms with van der Waals surface area (Å²) in [6.07, 6.45) is -0.00596. The first-order valence-electron chi connectivity index (χ1n) is 5.60. The Morgan fingerprint density at radius 2 is 2.22 bits per heavy atom.